The lowest BCUT2D eigenvalue weighted by molar-refractivity contribution is -0.142. The Morgan fingerprint density at radius 2 is 1.71 bits per heavy atom. The summed E-state index contributed by atoms with van der Waals surface area (Å²) in [6, 6.07) is 14.4. The molecule has 0 saturated heterocycles. The van der Waals surface area contributed by atoms with E-state index in [2.05, 4.69) is 5.32 Å². The number of ether oxygens (including phenoxy) is 2. The first-order valence-electron chi connectivity index (χ1n) is 9.33. The highest BCUT2D eigenvalue weighted by molar-refractivity contribution is 5.88. The Labute approximate surface area is 166 Å². The normalized spacial score (nSPS) is 11.4. The predicted octanol–water partition coefficient (Wildman–Crippen LogP) is 2.94. The number of likely N-dealkylation sites (N-methyl/N-ethyl adjacent to an activating group) is 1. The highest BCUT2D eigenvalue weighted by Crippen LogP contribution is 2.26. The number of nitrogens with zero attached hydrogens (tertiary/aromatic N) is 1. The Balaban J connectivity index is 2.23. The molecule has 1 unspecified atom stereocenters. The number of rotatable bonds is 9. The Kier molecular flexibility index (Phi) is 7.87. The molecule has 6 heteroatoms. The quantitative estimate of drug-likeness (QED) is 0.722. The maximum Gasteiger partial charge on any atom is 0.261 e. The minimum absolute atomic E-state index is 0.181. The van der Waals surface area contributed by atoms with Crippen LogP contribution < -0.4 is 14.8 Å². The molecule has 150 valence electrons. The van der Waals surface area contributed by atoms with E-state index in [1.165, 1.54) is 0 Å². The summed E-state index contributed by atoms with van der Waals surface area (Å²) in [5, 5.41) is 2.65. The molecule has 0 aromatic heterocycles. The fourth-order valence-electron chi connectivity index (χ4n) is 3.02. The van der Waals surface area contributed by atoms with Gasteiger partial charge in [0.2, 0.25) is 5.91 Å². The summed E-state index contributed by atoms with van der Waals surface area (Å²) in [5.41, 5.74) is 2.06. The van der Waals surface area contributed by atoms with E-state index in [0.717, 1.165) is 11.1 Å². The summed E-state index contributed by atoms with van der Waals surface area (Å²) < 4.78 is 11.0. The molecule has 0 radical (unpaired) electrons. The van der Waals surface area contributed by atoms with Gasteiger partial charge in [-0.15, -0.1) is 0 Å². The minimum Gasteiger partial charge on any atom is -0.493 e. The fourth-order valence-corrected chi connectivity index (χ4v) is 3.02. The molecular formula is C22H28N2O4. The molecule has 1 N–H and O–H groups in total. The average Bonchev–Trinajstić information content (AvgIpc) is 2.73. The standard InChI is InChI=1S/C22H28N2O4/c1-5-18(22(26)23-3)24(14-17-11-7-6-10-16(17)2)21(25)15-28-20-13-9-8-12-19(20)27-4/h6-13,18H,5,14-15H2,1-4H3,(H,23,26). The number of carbonyl (C=O) groups is 2. The van der Waals surface area contributed by atoms with E-state index in [0.29, 0.717) is 24.5 Å². The molecule has 2 aromatic carbocycles. The number of aryl methyl sites for hydroxylation is 1. The van der Waals surface area contributed by atoms with E-state index in [1.54, 1.807) is 31.2 Å². The van der Waals surface area contributed by atoms with Crippen LogP contribution in [0.25, 0.3) is 0 Å². The molecule has 0 saturated carbocycles. The van der Waals surface area contributed by atoms with Gasteiger partial charge in [0, 0.05) is 13.6 Å². The first-order chi connectivity index (χ1) is 13.5. The van der Waals surface area contributed by atoms with Crippen LogP contribution in [0.2, 0.25) is 0 Å². The van der Waals surface area contributed by atoms with Gasteiger partial charge in [-0.2, -0.15) is 0 Å². The van der Waals surface area contributed by atoms with Crippen molar-refractivity contribution in [2.75, 3.05) is 20.8 Å². The molecule has 2 rings (SSSR count). The lowest BCUT2D eigenvalue weighted by Gasteiger charge is -2.30. The summed E-state index contributed by atoms with van der Waals surface area (Å²) in [6.45, 7) is 4.04. The van der Waals surface area contributed by atoms with Gasteiger partial charge in [-0.3, -0.25) is 9.59 Å². The first-order valence-corrected chi connectivity index (χ1v) is 9.33. The van der Waals surface area contributed by atoms with Gasteiger partial charge < -0.3 is 19.7 Å². The van der Waals surface area contributed by atoms with Crippen molar-refractivity contribution in [3.63, 3.8) is 0 Å². The number of carbonyl (C=O) groups excluding carboxylic acids is 2. The van der Waals surface area contributed by atoms with Gasteiger partial charge in [0.25, 0.3) is 5.91 Å². The molecule has 1 atom stereocenters. The maximum atomic E-state index is 13.0. The second-order valence-electron chi connectivity index (χ2n) is 6.43. The second kappa shape index (κ2) is 10.3. The van der Waals surface area contributed by atoms with Crippen molar-refractivity contribution in [1.29, 1.82) is 0 Å². The monoisotopic (exact) mass is 384 g/mol. The number of hydrogen-bond acceptors (Lipinski definition) is 4. The summed E-state index contributed by atoms with van der Waals surface area (Å²) in [7, 11) is 3.12. The van der Waals surface area contributed by atoms with Crippen LogP contribution in [0.1, 0.15) is 24.5 Å². The van der Waals surface area contributed by atoms with Gasteiger partial charge >= 0.3 is 0 Å². The summed E-state index contributed by atoms with van der Waals surface area (Å²) >= 11 is 0. The molecule has 2 amide bonds. The zero-order chi connectivity index (χ0) is 20.5. The van der Waals surface area contributed by atoms with E-state index in [4.69, 9.17) is 9.47 Å². The largest absolute Gasteiger partial charge is 0.493 e. The summed E-state index contributed by atoms with van der Waals surface area (Å²) in [6.07, 6.45) is 0.506. The average molecular weight is 384 g/mol. The van der Waals surface area contributed by atoms with Crippen molar-refractivity contribution in [2.24, 2.45) is 0 Å². The van der Waals surface area contributed by atoms with Gasteiger partial charge in [-0.05, 0) is 36.6 Å². The van der Waals surface area contributed by atoms with Crippen LogP contribution in [-0.4, -0.2) is 43.5 Å². The van der Waals surface area contributed by atoms with E-state index in [1.807, 2.05) is 50.2 Å². The number of benzene rings is 2. The SMILES string of the molecule is CCC(C(=O)NC)N(Cc1ccccc1C)C(=O)COc1ccccc1OC. The Morgan fingerprint density at radius 1 is 1.07 bits per heavy atom. The van der Waals surface area contributed by atoms with Crippen molar-refractivity contribution in [2.45, 2.75) is 32.9 Å². The van der Waals surface area contributed by atoms with Crippen LogP contribution in [0.4, 0.5) is 0 Å². The van der Waals surface area contributed by atoms with Gasteiger partial charge in [0.1, 0.15) is 6.04 Å². The third kappa shape index (κ3) is 5.25. The van der Waals surface area contributed by atoms with Crippen LogP contribution in [0, 0.1) is 6.92 Å². The molecule has 2 aromatic rings. The lowest BCUT2D eigenvalue weighted by Crippen LogP contribution is -2.49. The van der Waals surface area contributed by atoms with Crippen molar-refractivity contribution < 1.29 is 19.1 Å². The second-order valence-corrected chi connectivity index (χ2v) is 6.43. The highest BCUT2D eigenvalue weighted by atomic mass is 16.5. The van der Waals surface area contributed by atoms with Crippen molar-refractivity contribution >= 4 is 11.8 Å². The summed E-state index contributed by atoms with van der Waals surface area (Å²) in [4.78, 5) is 27.0. The molecule has 0 aliphatic heterocycles. The molecule has 0 aliphatic rings. The van der Waals surface area contributed by atoms with Crippen molar-refractivity contribution in [3.05, 3.63) is 59.7 Å². The number of hydrogen-bond donors (Lipinski definition) is 1. The number of para-hydroxylation sites is 2. The molecular weight excluding hydrogens is 356 g/mol. The molecule has 0 heterocycles. The van der Waals surface area contributed by atoms with Crippen molar-refractivity contribution in [3.8, 4) is 11.5 Å². The Morgan fingerprint density at radius 3 is 2.32 bits per heavy atom. The van der Waals surface area contributed by atoms with Gasteiger partial charge in [-0.25, -0.2) is 0 Å². The molecule has 6 nitrogen and oxygen atoms in total. The number of methoxy groups -OCH3 is 1. The molecule has 0 spiro atoms. The fraction of sp³-hybridized carbons (Fsp3) is 0.364. The molecule has 0 fully saturated rings. The van der Waals surface area contributed by atoms with Crippen molar-refractivity contribution in [1.82, 2.24) is 10.2 Å². The number of amides is 2. The van der Waals surface area contributed by atoms with Gasteiger partial charge in [-0.1, -0.05) is 43.3 Å². The first kappa shape index (κ1) is 21.3. The van der Waals surface area contributed by atoms with E-state index < -0.39 is 6.04 Å². The smallest absolute Gasteiger partial charge is 0.261 e. The molecule has 28 heavy (non-hydrogen) atoms. The topological polar surface area (TPSA) is 67.9 Å². The maximum absolute atomic E-state index is 13.0. The predicted molar refractivity (Wildman–Crippen MR) is 108 cm³/mol. The zero-order valence-electron chi connectivity index (χ0n) is 16.9. The van der Waals surface area contributed by atoms with E-state index in [9.17, 15) is 9.59 Å². The van der Waals surface area contributed by atoms with Crippen LogP contribution in [0.15, 0.2) is 48.5 Å². The zero-order valence-corrected chi connectivity index (χ0v) is 16.9. The van der Waals surface area contributed by atoms with Crippen LogP contribution in [0.3, 0.4) is 0 Å². The summed E-state index contributed by atoms with van der Waals surface area (Å²) in [5.74, 6) is 0.590. The van der Waals surface area contributed by atoms with Crippen LogP contribution >= 0.6 is 0 Å². The highest BCUT2D eigenvalue weighted by Gasteiger charge is 2.28. The van der Waals surface area contributed by atoms with Crippen LogP contribution in [-0.2, 0) is 16.1 Å². The van der Waals surface area contributed by atoms with E-state index >= 15 is 0 Å². The number of nitrogens with one attached hydrogen (secondary N) is 1. The Hall–Kier alpha value is -3.02. The third-order valence-electron chi connectivity index (χ3n) is 4.65. The van der Waals surface area contributed by atoms with Crippen LogP contribution in [0.5, 0.6) is 11.5 Å². The van der Waals surface area contributed by atoms with Gasteiger partial charge in [0.05, 0.1) is 7.11 Å². The third-order valence-corrected chi connectivity index (χ3v) is 4.65. The minimum atomic E-state index is -0.571. The van der Waals surface area contributed by atoms with E-state index in [-0.39, 0.29) is 18.4 Å². The molecule has 0 bridgehead atoms. The Bertz CT molecular complexity index is 807. The molecule has 0 aliphatic carbocycles. The van der Waals surface area contributed by atoms with Gasteiger partial charge in [0.15, 0.2) is 18.1 Å². The lowest BCUT2D eigenvalue weighted by atomic mass is 10.1.